The van der Waals surface area contributed by atoms with E-state index in [4.69, 9.17) is 0 Å². The molecule has 1 aliphatic rings. The van der Waals surface area contributed by atoms with Crippen molar-refractivity contribution in [3.8, 4) is 0 Å². The van der Waals surface area contributed by atoms with E-state index in [0.29, 0.717) is 12.3 Å². The lowest BCUT2D eigenvalue weighted by atomic mass is 9.83. The highest BCUT2D eigenvalue weighted by atomic mass is 16.4. The topological polar surface area (TPSA) is 52.6 Å². The Hall–Kier alpha value is -0.610. The Kier molecular flexibility index (Phi) is 6.09. The second kappa shape index (κ2) is 7.10. The van der Waals surface area contributed by atoms with Crippen molar-refractivity contribution >= 4 is 5.97 Å². The predicted molar refractivity (Wildman–Crippen MR) is 73.8 cm³/mol. The fraction of sp³-hybridized carbons (Fsp3) is 0.929. The zero-order valence-corrected chi connectivity index (χ0v) is 12.0. The molecule has 1 rings (SSSR count). The summed E-state index contributed by atoms with van der Waals surface area (Å²) >= 11 is 0. The van der Waals surface area contributed by atoms with Gasteiger partial charge < -0.3 is 10.4 Å². The minimum absolute atomic E-state index is 0.456. The van der Waals surface area contributed by atoms with Crippen LogP contribution in [-0.4, -0.2) is 47.7 Å². The molecule has 0 aromatic rings. The quantitative estimate of drug-likeness (QED) is 0.762. The SMILES string of the molecule is CCC(C)CC(CC)(C(=O)O)N1CCCNCC1. The average Bonchev–Trinajstić information content (AvgIpc) is 2.64. The third-order valence-corrected chi connectivity index (χ3v) is 4.31. The number of aliphatic carboxylic acids is 1. The van der Waals surface area contributed by atoms with Gasteiger partial charge >= 0.3 is 5.97 Å². The molecule has 2 unspecified atom stereocenters. The van der Waals surface area contributed by atoms with Crippen LogP contribution in [-0.2, 0) is 4.79 Å². The van der Waals surface area contributed by atoms with Crippen LogP contribution in [0.1, 0.15) is 46.5 Å². The molecule has 4 heteroatoms. The molecule has 0 saturated carbocycles. The molecule has 0 aliphatic carbocycles. The van der Waals surface area contributed by atoms with Crippen LogP contribution in [0, 0.1) is 5.92 Å². The highest BCUT2D eigenvalue weighted by Gasteiger charge is 2.43. The van der Waals surface area contributed by atoms with Gasteiger partial charge in [0.1, 0.15) is 5.54 Å². The van der Waals surface area contributed by atoms with Crippen molar-refractivity contribution in [2.24, 2.45) is 5.92 Å². The lowest BCUT2D eigenvalue weighted by molar-refractivity contribution is -0.153. The minimum Gasteiger partial charge on any atom is -0.480 e. The summed E-state index contributed by atoms with van der Waals surface area (Å²) in [6.07, 6.45) is 3.53. The Bertz CT molecular complexity index is 263. The molecule has 2 N–H and O–H groups in total. The Morgan fingerprint density at radius 3 is 2.67 bits per heavy atom. The van der Waals surface area contributed by atoms with Gasteiger partial charge in [0.05, 0.1) is 0 Å². The summed E-state index contributed by atoms with van der Waals surface area (Å²) in [4.78, 5) is 14.0. The smallest absolute Gasteiger partial charge is 0.324 e. The monoisotopic (exact) mass is 256 g/mol. The molecule has 1 fully saturated rings. The van der Waals surface area contributed by atoms with Gasteiger partial charge in [-0.1, -0.05) is 27.2 Å². The van der Waals surface area contributed by atoms with Crippen LogP contribution in [0.3, 0.4) is 0 Å². The molecule has 4 nitrogen and oxygen atoms in total. The normalized spacial score (nSPS) is 23.1. The molecule has 0 spiro atoms. The van der Waals surface area contributed by atoms with Crippen molar-refractivity contribution in [2.75, 3.05) is 26.2 Å². The van der Waals surface area contributed by atoms with Crippen molar-refractivity contribution in [1.29, 1.82) is 0 Å². The van der Waals surface area contributed by atoms with Crippen LogP contribution in [0.5, 0.6) is 0 Å². The Labute approximate surface area is 111 Å². The van der Waals surface area contributed by atoms with E-state index in [0.717, 1.165) is 45.4 Å². The highest BCUT2D eigenvalue weighted by molar-refractivity contribution is 5.78. The van der Waals surface area contributed by atoms with E-state index in [1.807, 2.05) is 6.92 Å². The van der Waals surface area contributed by atoms with Gasteiger partial charge in [-0.15, -0.1) is 0 Å². The van der Waals surface area contributed by atoms with Gasteiger partial charge in [-0.3, -0.25) is 9.69 Å². The molecule has 0 radical (unpaired) electrons. The average molecular weight is 256 g/mol. The van der Waals surface area contributed by atoms with E-state index < -0.39 is 11.5 Å². The lowest BCUT2D eigenvalue weighted by Gasteiger charge is -2.41. The second-order valence-corrected chi connectivity index (χ2v) is 5.50. The number of hydrogen-bond donors (Lipinski definition) is 2. The molecular weight excluding hydrogens is 228 g/mol. The molecule has 1 aliphatic heterocycles. The molecule has 18 heavy (non-hydrogen) atoms. The van der Waals surface area contributed by atoms with E-state index in [-0.39, 0.29) is 0 Å². The van der Waals surface area contributed by atoms with E-state index in [9.17, 15) is 9.90 Å². The minimum atomic E-state index is -0.665. The molecule has 1 heterocycles. The largest absolute Gasteiger partial charge is 0.480 e. The summed E-state index contributed by atoms with van der Waals surface area (Å²) < 4.78 is 0. The third kappa shape index (κ3) is 3.45. The summed E-state index contributed by atoms with van der Waals surface area (Å²) in [5.41, 5.74) is -0.665. The number of nitrogens with one attached hydrogen (secondary N) is 1. The maximum Gasteiger partial charge on any atom is 0.324 e. The fourth-order valence-electron chi connectivity index (χ4n) is 2.87. The van der Waals surface area contributed by atoms with Gasteiger partial charge in [0, 0.05) is 19.6 Å². The number of rotatable bonds is 6. The molecular formula is C14H28N2O2. The first kappa shape index (κ1) is 15.4. The number of hydrogen-bond acceptors (Lipinski definition) is 3. The van der Waals surface area contributed by atoms with Crippen LogP contribution in [0.25, 0.3) is 0 Å². The summed E-state index contributed by atoms with van der Waals surface area (Å²) in [6, 6.07) is 0. The zero-order chi connectivity index (χ0) is 13.6. The van der Waals surface area contributed by atoms with Crippen molar-refractivity contribution in [2.45, 2.75) is 52.0 Å². The predicted octanol–water partition coefficient (Wildman–Crippen LogP) is 1.95. The van der Waals surface area contributed by atoms with E-state index in [1.54, 1.807) is 0 Å². The number of carbonyl (C=O) groups is 1. The lowest BCUT2D eigenvalue weighted by Crippen LogP contribution is -2.56. The molecule has 0 amide bonds. The summed E-state index contributed by atoms with van der Waals surface area (Å²) in [5.74, 6) is -0.190. The van der Waals surface area contributed by atoms with Crippen LogP contribution in [0.2, 0.25) is 0 Å². The second-order valence-electron chi connectivity index (χ2n) is 5.50. The standard InChI is InChI=1S/C14H28N2O2/c1-4-12(3)11-14(5-2,13(17)18)16-9-6-7-15-8-10-16/h12,15H,4-11H2,1-3H3,(H,17,18). The molecule has 0 aromatic carbocycles. The first-order valence-corrected chi connectivity index (χ1v) is 7.26. The highest BCUT2D eigenvalue weighted by Crippen LogP contribution is 2.30. The van der Waals surface area contributed by atoms with Gasteiger partial charge in [0.15, 0.2) is 0 Å². The van der Waals surface area contributed by atoms with E-state index in [2.05, 4.69) is 24.1 Å². The zero-order valence-electron chi connectivity index (χ0n) is 12.0. The Morgan fingerprint density at radius 2 is 2.11 bits per heavy atom. The first-order valence-electron chi connectivity index (χ1n) is 7.26. The van der Waals surface area contributed by atoms with Crippen molar-refractivity contribution in [3.63, 3.8) is 0 Å². The first-order chi connectivity index (χ1) is 8.56. The van der Waals surface area contributed by atoms with Crippen LogP contribution in [0.15, 0.2) is 0 Å². The van der Waals surface area contributed by atoms with Crippen LogP contribution < -0.4 is 5.32 Å². The molecule has 0 aromatic heterocycles. The Balaban J connectivity index is 2.89. The van der Waals surface area contributed by atoms with Gasteiger partial charge in [0.25, 0.3) is 0 Å². The summed E-state index contributed by atoms with van der Waals surface area (Å²) in [6.45, 7) is 9.93. The number of carboxylic acid groups (broad SMARTS) is 1. The maximum absolute atomic E-state index is 11.9. The van der Waals surface area contributed by atoms with E-state index in [1.165, 1.54) is 0 Å². The molecule has 1 saturated heterocycles. The van der Waals surface area contributed by atoms with Gasteiger partial charge in [0.2, 0.25) is 0 Å². The summed E-state index contributed by atoms with van der Waals surface area (Å²) in [7, 11) is 0. The number of carboxylic acids is 1. The molecule has 106 valence electrons. The van der Waals surface area contributed by atoms with Crippen molar-refractivity contribution < 1.29 is 9.90 Å². The Morgan fingerprint density at radius 1 is 1.39 bits per heavy atom. The molecule has 0 bridgehead atoms. The van der Waals surface area contributed by atoms with Gasteiger partial charge in [-0.05, 0) is 31.7 Å². The number of nitrogens with zero attached hydrogens (tertiary/aromatic N) is 1. The van der Waals surface area contributed by atoms with Crippen LogP contribution >= 0.6 is 0 Å². The maximum atomic E-state index is 11.9. The van der Waals surface area contributed by atoms with E-state index >= 15 is 0 Å². The fourth-order valence-corrected chi connectivity index (χ4v) is 2.87. The van der Waals surface area contributed by atoms with Crippen molar-refractivity contribution in [3.05, 3.63) is 0 Å². The van der Waals surface area contributed by atoms with Gasteiger partial charge in [-0.2, -0.15) is 0 Å². The molecule has 2 atom stereocenters. The summed E-state index contributed by atoms with van der Waals surface area (Å²) in [5, 5.41) is 13.1. The van der Waals surface area contributed by atoms with Crippen molar-refractivity contribution in [1.82, 2.24) is 10.2 Å². The van der Waals surface area contributed by atoms with Gasteiger partial charge in [-0.25, -0.2) is 0 Å². The van der Waals surface area contributed by atoms with Crippen LogP contribution in [0.4, 0.5) is 0 Å². The third-order valence-electron chi connectivity index (χ3n) is 4.31.